The highest BCUT2D eigenvalue weighted by atomic mass is 32.2. The fourth-order valence-electron chi connectivity index (χ4n) is 2.67. The molecule has 1 aliphatic heterocycles. The summed E-state index contributed by atoms with van der Waals surface area (Å²) in [5.74, 6) is -1.92. The standard InChI is InChI=1S/C18H16FNO3S/c1-11-2-4-13(5-3-11)17-20(15(10-24-17)18(22)23)16(21)12-6-8-14(19)9-7-12/h2-9,15,17H,10H2,1H3,(H,22,23)/p-1/t15-,17+/m1/s1. The number of benzene rings is 2. The molecule has 2 aromatic carbocycles. The Morgan fingerprint density at radius 3 is 2.33 bits per heavy atom. The second-order valence-electron chi connectivity index (χ2n) is 5.65. The molecular weight excluding hydrogens is 329 g/mol. The lowest BCUT2D eigenvalue weighted by molar-refractivity contribution is -0.310. The van der Waals surface area contributed by atoms with Crippen LogP contribution in [0.25, 0.3) is 0 Å². The van der Waals surface area contributed by atoms with E-state index in [1.54, 1.807) is 0 Å². The van der Waals surface area contributed by atoms with Crippen molar-refractivity contribution in [2.75, 3.05) is 5.75 Å². The molecule has 0 N–H and O–H groups in total. The first-order valence-electron chi connectivity index (χ1n) is 7.44. The van der Waals surface area contributed by atoms with E-state index >= 15 is 0 Å². The summed E-state index contributed by atoms with van der Waals surface area (Å²) >= 11 is 1.38. The minimum absolute atomic E-state index is 0.252. The topological polar surface area (TPSA) is 60.4 Å². The number of carbonyl (C=O) groups is 2. The Balaban J connectivity index is 1.97. The molecule has 2 aromatic rings. The Kier molecular flexibility index (Phi) is 4.57. The lowest BCUT2D eigenvalue weighted by atomic mass is 10.1. The fourth-order valence-corrected chi connectivity index (χ4v) is 4.08. The minimum atomic E-state index is -1.28. The van der Waals surface area contributed by atoms with Crippen molar-refractivity contribution in [3.63, 3.8) is 0 Å². The van der Waals surface area contributed by atoms with Crippen molar-refractivity contribution in [1.82, 2.24) is 4.90 Å². The minimum Gasteiger partial charge on any atom is -0.548 e. The number of hydrogen-bond donors (Lipinski definition) is 0. The average Bonchev–Trinajstić information content (AvgIpc) is 3.01. The van der Waals surface area contributed by atoms with Gasteiger partial charge >= 0.3 is 0 Å². The number of rotatable bonds is 3. The van der Waals surface area contributed by atoms with Crippen molar-refractivity contribution in [2.24, 2.45) is 0 Å². The third kappa shape index (κ3) is 3.14. The van der Waals surface area contributed by atoms with Crippen LogP contribution in [0, 0.1) is 12.7 Å². The van der Waals surface area contributed by atoms with Gasteiger partial charge in [0.25, 0.3) is 5.91 Å². The molecule has 0 saturated carbocycles. The van der Waals surface area contributed by atoms with E-state index in [9.17, 15) is 19.1 Å². The third-order valence-electron chi connectivity index (χ3n) is 3.96. The lowest BCUT2D eigenvalue weighted by Gasteiger charge is -2.30. The second-order valence-corrected chi connectivity index (χ2v) is 6.76. The van der Waals surface area contributed by atoms with Crippen LogP contribution < -0.4 is 5.11 Å². The first-order valence-corrected chi connectivity index (χ1v) is 8.49. The molecule has 124 valence electrons. The molecule has 1 heterocycles. The molecule has 4 nitrogen and oxygen atoms in total. The fraction of sp³-hybridized carbons (Fsp3) is 0.222. The number of aryl methyl sites for hydroxylation is 1. The maximum atomic E-state index is 13.1. The summed E-state index contributed by atoms with van der Waals surface area (Å²) in [6.07, 6.45) is 0. The molecule has 6 heteroatoms. The number of halogens is 1. The largest absolute Gasteiger partial charge is 0.548 e. The van der Waals surface area contributed by atoms with Gasteiger partial charge in [0.1, 0.15) is 11.2 Å². The first-order chi connectivity index (χ1) is 11.5. The van der Waals surface area contributed by atoms with Crippen LogP contribution in [0.3, 0.4) is 0 Å². The number of hydrogen-bond acceptors (Lipinski definition) is 4. The number of amides is 1. The van der Waals surface area contributed by atoms with Gasteiger partial charge in [-0.3, -0.25) is 4.79 Å². The van der Waals surface area contributed by atoms with Crippen LogP contribution in [0.4, 0.5) is 4.39 Å². The summed E-state index contributed by atoms with van der Waals surface area (Å²) in [4.78, 5) is 25.6. The Morgan fingerprint density at radius 2 is 1.75 bits per heavy atom. The van der Waals surface area contributed by atoms with Gasteiger partial charge in [-0.2, -0.15) is 0 Å². The second kappa shape index (κ2) is 6.65. The van der Waals surface area contributed by atoms with Crippen LogP contribution >= 0.6 is 11.8 Å². The maximum absolute atomic E-state index is 13.1. The van der Waals surface area contributed by atoms with E-state index in [0.29, 0.717) is 0 Å². The van der Waals surface area contributed by atoms with E-state index < -0.39 is 29.1 Å². The normalized spacial score (nSPS) is 20.2. The summed E-state index contributed by atoms with van der Waals surface area (Å²) < 4.78 is 13.1. The molecule has 0 radical (unpaired) electrons. The van der Waals surface area contributed by atoms with Gasteiger partial charge in [0, 0.05) is 11.3 Å². The Bertz CT molecular complexity index is 761. The van der Waals surface area contributed by atoms with Crippen molar-refractivity contribution in [1.29, 1.82) is 0 Å². The van der Waals surface area contributed by atoms with Gasteiger partial charge in [0.05, 0.1) is 12.0 Å². The number of carboxylic acid groups (broad SMARTS) is 1. The van der Waals surface area contributed by atoms with Crippen LogP contribution in [0.5, 0.6) is 0 Å². The first kappa shape index (κ1) is 16.5. The van der Waals surface area contributed by atoms with Gasteiger partial charge in [-0.1, -0.05) is 29.8 Å². The zero-order chi connectivity index (χ0) is 17.3. The highest BCUT2D eigenvalue weighted by molar-refractivity contribution is 7.99. The van der Waals surface area contributed by atoms with Gasteiger partial charge in [-0.15, -0.1) is 11.8 Å². The van der Waals surface area contributed by atoms with Gasteiger partial charge < -0.3 is 14.8 Å². The molecule has 0 aliphatic carbocycles. The van der Waals surface area contributed by atoms with E-state index in [2.05, 4.69) is 0 Å². The van der Waals surface area contributed by atoms with Gasteiger partial charge in [-0.25, -0.2) is 4.39 Å². The molecule has 1 aliphatic rings. The van der Waals surface area contributed by atoms with Crippen molar-refractivity contribution in [3.05, 3.63) is 71.0 Å². The van der Waals surface area contributed by atoms with Gasteiger partial charge in [0.2, 0.25) is 0 Å². The van der Waals surface area contributed by atoms with E-state index in [1.165, 1.54) is 40.9 Å². The summed E-state index contributed by atoms with van der Waals surface area (Å²) in [5, 5.41) is 11.0. The zero-order valence-corrected chi connectivity index (χ0v) is 13.8. The van der Waals surface area contributed by atoms with Crippen LogP contribution in [0.2, 0.25) is 0 Å². The van der Waals surface area contributed by atoms with E-state index in [1.807, 2.05) is 31.2 Å². The molecule has 0 aromatic heterocycles. The average molecular weight is 344 g/mol. The summed E-state index contributed by atoms with van der Waals surface area (Å²) in [7, 11) is 0. The number of carbonyl (C=O) groups excluding carboxylic acids is 2. The zero-order valence-electron chi connectivity index (χ0n) is 12.9. The molecule has 0 unspecified atom stereocenters. The van der Waals surface area contributed by atoms with Gasteiger partial charge in [0.15, 0.2) is 0 Å². The van der Waals surface area contributed by atoms with E-state index in [0.717, 1.165) is 11.1 Å². The van der Waals surface area contributed by atoms with Crippen LogP contribution in [-0.4, -0.2) is 28.6 Å². The molecule has 1 saturated heterocycles. The van der Waals surface area contributed by atoms with Crippen molar-refractivity contribution in [3.8, 4) is 0 Å². The van der Waals surface area contributed by atoms with Crippen molar-refractivity contribution >= 4 is 23.6 Å². The molecule has 1 fully saturated rings. The monoisotopic (exact) mass is 344 g/mol. The van der Waals surface area contributed by atoms with Crippen LogP contribution in [0.1, 0.15) is 26.9 Å². The molecule has 0 bridgehead atoms. The highest BCUT2D eigenvalue weighted by Crippen LogP contribution is 2.42. The molecule has 1 amide bonds. The molecule has 3 rings (SSSR count). The Morgan fingerprint density at radius 1 is 1.12 bits per heavy atom. The number of thioether (sulfide) groups is 1. The Labute approximate surface area is 143 Å². The van der Waals surface area contributed by atoms with Crippen molar-refractivity contribution in [2.45, 2.75) is 18.3 Å². The lowest BCUT2D eigenvalue weighted by Crippen LogP contribution is -2.49. The molecule has 0 spiro atoms. The molecule has 24 heavy (non-hydrogen) atoms. The third-order valence-corrected chi connectivity index (χ3v) is 5.28. The van der Waals surface area contributed by atoms with Gasteiger partial charge in [-0.05, 0) is 36.8 Å². The van der Waals surface area contributed by atoms with Crippen LogP contribution in [-0.2, 0) is 4.79 Å². The SMILES string of the molecule is Cc1ccc([C@@H]2SC[C@H](C(=O)[O-])N2C(=O)c2ccc(F)cc2)cc1. The smallest absolute Gasteiger partial charge is 0.255 e. The molecule has 2 atom stereocenters. The molecular formula is C18H15FNO3S-. The quantitative estimate of drug-likeness (QED) is 0.856. The maximum Gasteiger partial charge on any atom is 0.255 e. The number of carboxylic acids is 1. The summed E-state index contributed by atoms with van der Waals surface area (Å²) in [5.41, 5.74) is 2.18. The summed E-state index contributed by atoms with van der Waals surface area (Å²) in [6.45, 7) is 1.96. The Hall–Kier alpha value is -2.34. The van der Waals surface area contributed by atoms with E-state index in [4.69, 9.17) is 0 Å². The van der Waals surface area contributed by atoms with E-state index in [-0.39, 0.29) is 11.3 Å². The number of aliphatic carboxylic acids is 1. The number of nitrogens with zero attached hydrogens (tertiary/aromatic N) is 1. The van der Waals surface area contributed by atoms with Crippen molar-refractivity contribution < 1.29 is 19.1 Å². The highest BCUT2D eigenvalue weighted by Gasteiger charge is 2.39. The predicted octanol–water partition coefficient (Wildman–Crippen LogP) is 2.14. The summed E-state index contributed by atoms with van der Waals surface area (Å²) in [6, 6.07) is 11.7. The predicted molar refractivity (Wildman–Crippen MR) is 87.7 cm³/mol. The van der Waals surface area contributed by atoms with Crippen LogP contribution in [0.15, 0.2) is 48.5 Å².